The van der Waals surface area contributed by atoms with Crippen molar-refractivity contribution in [2.75, 3.05) is 13.2 Å². The quantitative estimate of drug-likeness (QED) is 0.863. The minimum atomic E-state index is -0.159. The van der Waals surface area contributed by atoms with Gasteiger partial charge >= 0.3 is 0 Å². The zero-order valence-electron chi connectivity index (χ0n) is 11.1. The van der Waals surface area contributed by atoms with E-state index in [1.165, 1.54) is 0 Å². The number of benzene rings is 1. The topological polar surface area (TPSA) is 49.3 Å². The lowest BCUT2D eigenvalue weighted by Gasteiger charge is -2.13. The summed E-state index contributed by atoms with van der Waals surface area (Å²) >= 11 is 6.07. The first kappa shape index (κ1) is 15.0. The van der Waals surface area contributed by atoms with Crippen molar-refractivity contribution in [3.8, 4) is 0 Å². The summed E-state index contributed by atoms with van der Waals surface area (Å²) in [6.45, 7) is 6.59. The van der Waals surface area contributed by atoms with Gasteiger partial charge in [-0.15, -0.1) is 0 Å². The van der Waals surface area contributed by atoms with Crippen LogP contribution in [0.2, 0.25) is 5.02 Å². The van der Waals surface area contributed by atoms with Crippen molar-refractivity contribution in [2.45, 2.75) is 27.2 Å². The summed E-state index contributed by atoms with van der Waals surface area (Å²) in [5, 5.41) is 12.1. The summed E-state index contributed by atoms with van der Waals surface area (Å²) < 4.78 is 0. The number of carbonyl (C=O) groups is 1. The average molecular weight is 270 g/mol. The van der Waals surface area contributed by atoms with Gasteiger partial charge in [0.15, 0.2) is 0 Å². The van der Waals surface area contributed by atoms with Crippen molar-refractivity contribution in [3.05, 3.63) is 33.8 Å². The van der Waals surface area contributed by atoms with E-state index >= 15 is 0 Å². The Balaban J connectivity index is 2.70. The number of carbonyl (C=O) groups excluding carboxylic acids is 1. The number of nitrogens with one attached hydrogen (secondary N) is 1. The third-order valence-corrected chi connectivity index (χ3v) is 3.37. The minimum absolute atomic E-state index is 0.140. The lowest BCUT2D eigenvalue weighted by Crippen LogP contribution is -2.29. The van der Waals surface area contributed by atoms with Crippen LogP contribution in [0, 0.1) is 19.8 Å². The average Bonchev–Trinajstić information content (AvgIpc) is 2.31. The highest BCUT2D eigenvalue weighted by atomic mass is 35.5. The maximum Gasteiger partial charge on any atom is 0.252 e. The van der Waals surface area contributed by atoms with Gasteiger partial charge < -0.3 is 10.4 Å². The molecule has 0 aliphatic rings. The molecule has 1 aromatic rings. The Bertz CT molecular complexity index is 432. The molecular weight excluding hydrogens is 250 g/mol. The summed E-state index contributed by atoms with van der Waals surface area (Å²) in [6, 6.07) is 3.62. The van der Waals surface area contributed by atoms with Gasteiger partial charge in [0.25, 0.3) is 5.91 Å². The molecule has 0 aromatic heterocycles. The molecule has 1 rings (SSSR count). The number of aliphatic hydroxyl groups excluding tert-OH is 1. The zero-order chi connectivity index (χ0) is 13.7. The largest absolute Gasteiger partial charge is 0.396 e. The van der Waals surface area contributed by atoms with Gasteiger partial charge in [-0.3, -0.25) is 4.79 Å². The van der Waals surface area contributed by atoms with E-state index in [0.29, 0.717) is 23.6 Å². The van der Waals surface area contributed by atoms with E-state index in [9.17, 15) is 4.79 Å². The second kappa shape index (κ2) is 6.76. The van der Waals surface area contributed by atoms with E-state index in [-0.39, 0.29) is 18.4 Å². The normalized spacial score (nSPS) is 12.3. The summed E-state index contributed by atoms with van der Waals surface area (Å²) in [7, 11) is 0. The molecule has 18 heavy (non-hydrogen) atoms. The molecule has 0 saturated carbocycles. The van der Waals surface area contributed by atoms with Crippen LogP contribution in [0.15, 0.2) is 12.1 Å². The summed E-state index contributed by atoms with van der Waals surface area (Å²) in [4.78, 5) is 12.0. The van der Waals surface area contributed by atoms with E-state index < -0.39 is 0 Å². The van der Waals surface area contributed by atoms with E-state index in [0.717, 1.165) is 11.1 Å². The molecule has 1 amide bonds. The Morgan fingerprint density at radius 1 is 1.39 bits per heavy atom. The van der Waals surface area contributed by atoms with Crippen molar-refractivity contribution < 1.29 is 9.90 Å². The summed E-state index contributed by atoms with van der Waals surface area (Å²) in [5.41, 5.74) is 2.63. The first-order valence-electron chi connectivity index (χ1n) is 6.11. The van der Waals surface area contributed by atoms with E-state index in [1.807, 2.05) is 32.9 Å². The Morgan fingerprint density at radius 2 is 2.00 bits per heavy atom. The highest BCUT2D eigenvalue weighted by molar-refractivity contribution is 6.33. The molecule has 1 aromatic carbocycles. The third-order valence-electron chi connectivity index (χ3n) is 3.06. The molecule has 0 fully saturated rings. The maximum absolute atomic E-state index is 12.0. The number of rotatable bonds is 5. The van der Waals surface area contributed by atoms with Crippen LogP contribution in [0.5, 0.6) is 0 Å². The van der Waals surface area contributed by atoms with Gasteiger partial charge in [-0.05, 0) is 49.4 Å². The lowest BCUT2D eigenvalue weighted by atomic mass is 10.0. The van der Waals surface area contributed by atoms with Crippen LogP contribution in [-0.2, 0) is 0 Å². The van der Waals surface area contributed by atoms with Crippen LogP contribution in [-0.4, -0.2) is 24.2 Å². The van der Waals surface area contributed by atoms with Crippen molar-refractivity contribution >= 4 is 17.5 Å². The van der Waals surface area contributed by atoms with Crippen LogP contribution in [0.3, 0.4) is 0 Å². The second-order valence-electron chi connectivity index (χ2n) is 4.74. The SMILES string of the molecule is Cc1cc(Cl)c(C(=O)NCC(C)CCO)cc1C. The molecular formula is C14H20ClNO2. The lowest BCUT2D eigenvalue weighted by molar-refractivity contribution is 0.0945. The Hall–Kier alpha value is -1.06. The highest BCUT2D eigenvalue weighted by Gasteiger charge is 2.12. The molecule has 1 atom stereocenters. The number of aryl methyl sites for hydroxylation is 2. The standard InChI is InChI=1S/C14H20ClNO2/c1-9(4-5-17)8-16-14(18)12-6-10(2)11(3)7-13(12)15/h6-7,9,17H,4-5,8H2,1-3H3,(H,16,18). The predicted octanol–water partition coefficient (Wildman–Crippen LogP) is 2.71. The van der Waals surface area contributed by atoms with E-state index in [4.69, 9.17) is 16.7 Å². The van der Waals surface area contributed by atoms with Gasteiger partial charge in [0.2, 0.25) is 0 Å². The number of amides is 1. The molecule has 0 saturated heterocycles. The zero-order valence-corrected chi connectivity index (χ0v) is 11.8. The molecule has 0 heterocycles. The first-order chi connectivity index (χ1) is 8.45. The van der Waals surface area contributed by atoms with Crippen LogP contribution in [0.4, 0.5) is 0 Å². The Kier molecular flexibility index (Phi) is 5.63. The molecule has 0 aliphatic heterocycles. The van der Waals surface area contributed by atoms with Crippen molar-refractivity contribution in [2.24, 2.45) is 5.92 Å². The summed E-state index contributed by atoms with van der Waals surface area (Å²) in [6.07, 6.45) is 0.681. The first-order valence-corrected chi connectivity index (χ1v) is 6.49. The molecule has 0 spiro atoms. The Labute approximate surface area is 113 Å². The second-order valence-corrected chi connectivity index (χ2v) is 5.15. The van der Waals surface area contributed by atoms with Crippen LogP contribution < -0.4 is 5.32 Å². The number of aliphatic hydroxyl groups is 1. The molecule has 2 N–H and O–H groups in total. The van der Waals surface area contributed by atoms with Crippen LogP contribution >= 0.6 is 11.6 Å². The molecule has 0 radical (unpaired) electrons. The van der Waals surface area contributed by atoms with Crippen LogP contribution in [0.1, 0.15) is 34.8 Å². The minimum Gasteiger partial charge on any atom is -0.396 e. The maximum atomic E-state index is 12.0. The molecule has 1 unspecified atom stereocenters. The van der Waals surface area contributed by atoms with E-state index in [1.54, 1.807) is 0 Å². The van der Waals surface area contributed by atoms with E-state index in [2.05, 4.69) is 5.32 Å². The van der Waals surface area contributed by atoms with Gasteiger partial charge in [-0.1, -0.05) is 18.5 Å². The number of hydrogen-bond acceptors (Lipinski definition) is 2. The fourth-order valence-corrected chi connectivity index (χ4v) is 1.94. The van der Waals surface area contributed by atoms with Crippen molar-refractivity contribution in [1.82, 2.24) is 5.32 Å². The van der Waals surface area contributed by atoms with Crippen LogP contribution in [0.25, 0.3) is 0 Å². The fraction of sp³-hybridized carbons (Fsp3) is 0.500. The molecule has 0 bridgehead atoms. The monoisotopic (exact) mass is 269 g/mol. The van der Waals surface area contributed by atoms with Gasteiger partial charge in [0, 0.05) is 13.2 Å². The molecule has 3 nitrogen and oxygen atoms in total. The predicted molar refractivity (Wildman–Crippen MR) is 74.1 cm³/mol. The Morgan fingerprint density at radius 3 is 2.61 bits per heavy atom. The van der Waals surface area contributed by atoms with Gasteiger partial charge in [0.05, 0.1) is 10.6 Å². The summed E-state index contributed by atoms with van der Waals surface area (Å²) in [5.74, 6) is 0.0946. The van der Waals surface area contributed by atoms with Crippen molar-refractivity contribution in [3.63, 3.8) is 0 Å². The molecule has 100 valence electrons. The van der Waals surface area contributed by atoms with Gasteiger partial charge in [0.1, 0.15) is 0 Å². The number of halogens is 1. The van der Waals surface area contributed by atoms with Gasteiger partial charge in [-0.2, -0.15) is 0 Å². The molecule has 0 aliphatic carbocycles. The highest BCUT2D eigenvalue weighted by Crippen LogP contribution is 2.20. The molecule has 4 heteroatoms. The van der Waals surface area contributed by atoms with Crippen molar-refractivity contribution in [1.29, 1.82) is 0 Å². The fourth-order valence-electron chi connectivity index (χ4n) is 1.64. The third kappa shape index (κ3) is 4.00. The smallest absolute Gasteiger partial charge is 0.252 e. The number of hydrogen-bond donors (Lipinski definition) is 2. The van der Waals surface area contributed by atoms with Gasteiger partial charge in [-0.25, -0.2) is 0 Å².